The van der Waals surface area contributed by atoms with Crippen LogP contribution in [0.15, 0.2) is 109 Å². The van der Waals surface area contributed by atoms with Gasteiger partial charge in [0.2, 0.25) is 0 Å². The maximum atomic E-state index is 4.69. The van der Waals surface area contributed by atoms with Gasteiger partial charge in [-0.25, -0.2) is 0 Å². The average Bonchev–Trinajstić information content (AvgIpc) is 3.30. The molecule has 0 N–H and O–H groups in total. The molecule has 1 unspecified atom stereocenters. The van der Waals surface area contributed by atoms with Gasteiger partial charge in [-0.2, -0.15) is 0 Å². The highest BCUT2D eigenvalue weighted by molar-refractivity contribution is 5.68. The van der Waals surface area contributed by atoms with E-state index in [1.807, 2.05) is 12.1 Å². The summed E-state index contributed by atoms with van der Waals surface area (Å²) in [5.41, 5.74) is 6.08. The number of para-hydroxylation sites is 1. The summed E-state index contributed by atoms with van der Waals surface area (Å²) in [6, 6.07) is 29.5. The first-order valence-corrected chi connectivity index (χ1v) is 11.6. The second-order valence-corrected chi connectivity index (χ2v) is 9.61. The smallest absolute Gasteiger partial charge is 0.168 e. The van der Waals surface area contributed by atoms with Crippen molar-refractivity contribution in [1.82, 2.24) is 14.8 Å². The minimum Gasteiger partial charge on any atom is -0.278 e. The molecular weight excluding hydrogens is 402 g/mol. The summed E-state index contributed by atoms with van der Waals surface area (Å²) in [6.07, 6.45) is 7.82. The minimum absolute atomic E-state index is 0.153. The lowest BCUT2D eigenvalue weighted by Gasteiger charge is -2.25. The highest BCUT2D eigenvalue weighted by atomic mass is 15.3. The Bertz CT molecular complexity index is 1290. The second-order valence-electron chi connectivity index (χ2n) is 9.61. The fraction of sp³-hybridized carbons (Fsp3) is 0.200. The Hall–Kier alpha value is -3.72. The van der Waals surface area contributed by atoms with E-state index in [1.54, 1.807) is 0 Å². The molecule has 1 aromatic heterocycles. The fourth-order valence-electron chi connectivity index (χ4n) is 4.37. The summed E-state index contributed by atoms with van der Waals surface area (Å²) >= 11 is 0. The summed E-state index contributed by atoms with van der Waals surface area (Å²) in [5, 5.41) is 9.36. The van der Waals surface area contributed by atoms with Gasteiger partial charge in [-0.1, -0.05) is 112 Å². The maximum Gasteiger partial charge on any atom is 0.168 e. The van der Waals surface area contributed by atoms with Gasteiger partial charge in [-0.3, -0.25) is 4.57 Å². The van der Waals surface area contributed by atoms with Gasteiger partial charge in [-0.15, -0.1) is 10.2 Å². The van der Waals surface area contributed by atoms with E-state index in [4.69, 9.17) is 5.10 Å². The molecule has 0 radical (unpaired) electrons. The first-order chi connectivity index (χ1) is 16.0. The van der Waals surface area contributed by atoms with E-state index >= 15 is 0 Å². The average molecular weight is 432 g/mol. The third-order valence-corrected chi connectivity index (χ3v) is 6.25. The Morgan fingerprint density at radius 1 is 0.727 bits per heavy atom. The van der Waals surface area contributed by atoms with Crippen molar-refractivity contribution in [2.45, 2.75) is 33.1 Å². The van der Waals surface area contributed by atoms with Crippen molar-refractivity contribution >= 4 is 0 Å². The molecule has 3 aromatic carbocycles. The van der Waals surface area contributed by atoms with Crippen LogP contribution >= 0.6 is 0 Å². The van der Waals surface area contributed by atoms with Crippen molar-refractivity contribution in [3.05, 3.63) is 115 Å². The second kappa shape index (κ2) is 8.67. The molecule has 3 heteroatoms. The molecule has 33 heavy (non-hydrogen) atoms. The van der Waals surface area contributed by atoms with Gasteiger partial charge in [0.25, 0.3) is 0 Å². The van der Waals surface area contributed by atoms with Crippen molar-refractivity contribution in [2.24, 2.45) is 5.41 Å². The Morgan fingerprint density at radius 3 is 1.94 bits per heavy atom. The van der Waals surface area contributed by atoms with Gasteiger partial charge in [0, 0.05) is 17.2 Å². The zero-order chi connectivity index (χ0) is 22.8. The molecule has 0 saturated heterocycles. The van der Waals surface area contributed by atoms with Gasteiger partial charge in [-0.05, 0) is 40.7 Å². The van der Waals surface area contributed by atoms with Crippen LogP contribution < -0.4 is 0 Å². The third-order valence-electron chi connectivity index (χ3n) is 6.25. The van der Waals surface area contributed by atoms with Crippen molar-refractivity contribution in [3.8, 4) is 28.2 Å². The van der Waals surface area contributed by atoms with Crippen LogP contribution in [0.4, 0.5) is 0 Å². The van der Waals surface area contributed by atoms with Crippen molar-refractivity contribution < 1.29 is 0 Å². The Balaban J connectivity index is 1.54. The topological polar surface area (TPSA) is 30.7 Å². The molecule has 0 saturated carbocycles. The highest BCUT2D eigenvalue weighted by Gasteiger charge is 2.25. The molecule has 1 heterocycles. The summed E-state index contributed by atoms with van der Waals surface area (Å²) in [6.45, 7) is 6.77. The van der Waals surface area contributed by atoms with E-state index in [1.165, 1.54) is 16.7 Å². The Labute approximate surface area is 196 Å². The Kier molecular flexibility index (Phi) is 5.55. The van der Waals surface area contributed by atoms with E-state index in [2.05, 4.69) is 121 Å². The molecule has 1 atom stereocenters. The van der Waals surface area contributed by atoms with Crippen LogP contribution in [0.2, 0.25) is 0 Å². The standard InChI is InChI=1S/C30H29N3/c1-30(2,3)26-20-18-25(19-21-26)29-32-31-28(33(29)27-12-8-5-9-13-27)24-16-14-23(15-17-24)22-10-6-4-7-11-22/h4-18,20-21,25H,19H2,1-3H3. The lowest BCUT2D eigenvalue weighted by Crippen LogP contribution is -2.13. The molecule has 1 aliphatic carbocycles. The van der Waals surface area contributed by atoms with Crippen LogP contribution in [0.1, 0.15) is 38.9 Å². The maximum absolute atomic E-state index is 4.69. The van der Waals surface area contributed by atoms with E-state index in [0.29, 0.717) is 0 Å². The molecule has 4 aromatic rings. The molecular formula is C30H29N3. The molecule has 3 nitrogen and oxygen atoms in total. The van der Waals surface area contributed by atoms with Crippen molar-refractivity contribution in [1.29, 1.82) is 0 Å². The van der Waals surface area contributed by atoms with Crippen molar-refractivity contribution in [2.75, 3.05) is 0 Å². The number of allylic oxidation sites excluding steroid dienone is 4. The quantitative estimate of drug-likeness (QED) is 0.333. The van der Waals surface area contributed by atoms with Gasteiger partial charge in [0.15, 0.2) is 5.82 Å². The molecule has 0 bridgehead atoms. The number of aromatic nitrogens is 3. The summed E-state index contributed by atoms with van der Waals surface area (Å²) in [4.78, 5) is 0. The van der Waals surface area contributed by atoms with Crippen LogP contribution in [0.3, 0.4) is 0 Å². The zero-order valence-corrected chi connectivity index (χ0v) is 19.4. The normalized spacial score (nSPS) is 16.0. The summed E-state index contributed by atoms with van der Waals surface area (Å²) in [7, 11) is 0. The van der Waals surface area contributed by atoms with Crippen LogP contribution in [-0.2, 0) is 0 Å². The molecule has 1 aliphatic rings. The summed E-state index contributed by atoms with van der Waals surface area (Å²) < 4.78 is 2.21. The number of nitrogens with zero attached hydrogens (tertiary/aromatic N) is 3. The predicted molar refractivity (Wildman–Crippen MR) is 136 cm³/mol. The zero-order valence-electron chi connectivity index (χ0n) is 19.4. The van der Waals surface area contributed by atoms with Crippen LogP contribution in [-0.4, -0.2) is 14.8 Å². The molecule has 0 fully saturated rings. The molecule has 0 spiro atoms. The monoisotopic (exact) mass is 431 g/mol. The summed E-state index contributed by atoms with van der Waals surface area (Å²) in [5.74, 6) is 2.04. The molecule has 0 aliphatic heterocycles. The fourth-order valence-corrected chi connectivity index (χ4v) is 4.37. The lowest BCUT2D eigenvalue weighted by molar-refractivity contribution is 0.509. The van der Waals surface area contributed by atoms with Crippen LogP contribution in [0.5, 0.6) is 0 Å². The van der Waals surface area contributed by atoms with E-state index in [-0.39, 0.29) is 11.3 Å². The third kappa shape index (κ3) is 4.31. The van der Waals surface area contributed by atoms with Crippen molar-refractivity contribution in [3.63, 3.8) is 0 Å². The Morgan fingerprint density at radius 2 is 1.33 bits per heavy atom. The van der Waals surface area contributed by atoms with Crippen LogP contribution in [0.25, 0.3) is 28.2 Å². The molecule has 164 valence electrons. The lowest BCUT2D eigenvalue weighted by atomic mass is 9.81. The minimum atomic E-state index is 0.153. The predicted octanol–water partition coefficient (Wildman–Crippen LogP) is 7.62. The van der Waals surface area contributed by atoms with Gasteiger partial charge >= 0.3 is 0 Å². The van der Waals surface area contributed by atoms with E-state index < -0.39 is 0 Å². The first kappa shape index (κ1) is 21.1. The number of rotatable bonds is 4. The first-order valence-electron chi connectivity index (χ1n) is 11.6. The van der Waals surface area contributed by atoms with E-state index in [0.717, 1.165) is 29.3 Å². The molecule has 0 amide bonds. The number of hydrogen-bond acceptors (Lipinski definition) is 2. The van der Waals surface area contributed by atoms with Gasteiger partial charge in [0.1, 0.15) is 5.82 Å². The van der Waals surface area contributed by atoms with E-state index in [9.17, 15) is 0 Å². The largest absolute Gasteiger partial charge is 0.278 e. The van der Waals surface area contributed by atoms with Gasteiger partial charge < -0.3 is 0 Å². The van der Waals surface area contributed by atoms with Crippen LogP contribution in [0, 0.1) is 5.41 Å². The van der Waals surface area contributed by atoms with Gasteiger partial charge in [0.05, 0.1) is 0 Å². The molecule has 5 rings (SSSR count). The highest BCUT2D eigenvalue weighted by Crippen LogP contribution is 2.36. The number of benzene rings is 3. The SMILES string of the molecule is CC(C)(C)C1=CCC(c2nnc(-c3ccc(-c4ccccc4)cc3)n2-c2ccccc2)C=C1. The number of hydrogen-bond donors (Lipinski definition) is 0.